The van der Waals surface area contributed by atoms with Crippen molar-refractivity contribution in [1.29, 1.82) is 0 Å². The van der Waals surface area contributed by atoms with Crippen LogP contribution in [0.1, 0.15) is 26.7 Å². The second-order valence-corrected chi connectivity index (χ2v) is 6.26. The summed E-state index contributed by atoms with van der Waals surface area (Å²) in [6.07, 6.45) is 5.78. The molecule has 0 saturated heterocycles. The van der Waals surface area contributed by atoms with Crippen LogP contribution >= 0.6 is 11.8 Å². The molecule has 0 amide bonds. The Morgan fingerprint density at radius 2 is 2.26 bits per heavy atom. The molecule has 2 N–H and O–H groups in total. The number of nitrogens with zero attached hydrogens (tertiary/aromatic N) is 3. The smallest absolute Gasteiger partial charge is 0.181 e. The molecule has 3 atom stereocenters. The van der Waals surface area contributed by atoms with Crippen molar-refractivity contribution < 1.29 is 0 Å². The Morgan fingerprint density at radius 1 is 1.37 bits per heavy atom. The molecule has 0 aliphatic heterocycles. The van der Waals surface area contributed by atoms with Gasteiger partial charge in [0.2, 0.25) is 0 Å². The number of H-pyrrole nitrogens is 1. The van der Waals surface area contributed by atoms with Gasteiger partial charge in [-0.05, 0) is 25.3 Å². The van der Waals surface area contributed by atoms with E-state index in [-0.39, 0.29) is 0 Å². The molecule has 0 aromatic carbocycles. The van der Waals surface area contributed by atoms with Crippen LogP contribution in [0, 0.1) is 5.92 Å². The quantitative estimate of drug-likeness (QED) is 0.839. The minimum absolute atomic E-state index is 0.616. The average Bonchev–Trinajstić information content (AvgIpc) is 3.01. The van der Waals surface area contributed by atoms with Gasteiger partial charge in [-0.15, -0.1) is 11.8 Å². The first-order valence-corrected chi connectivity index (χ1v) is 7.71. The Bertz CT molecular complexity index is 555. The van der Waals surface area contributed by atoms with E-state index in [2.05, 4.69) is 39.1 Å². The van der Waals surface area contributed by atoms with Crippen LogP contribution in [-0.2, 0) is 0 Å². The van der Waals surface area contributed by atoms with E-state index in [0.717, 1.165) is 22.7 Å². The third kappa shape index (κ3) is 2.47. The van der Waals surface area contributed by atoms with Crippen molar-refractivity contribution in [2.75, 3.05) is 6.54 Å². The van der Waals surface area contributed by atoms with Gasteiger partial charge in [0.15, 0.2) is 5.65 Å². The Labute approximate surface area is 117 Å². The minimum Gasteiger partial charge on any atom is -0.341 e. The van der Waals surface area contributed by atoms with Gasteiger partial charge in [0.05, 0.1) is 6.33 Å². The maximum Gasteiger partial charge on any atom is 0.181 e. The first-order chi connectivity index (χ1) is 9.29. The van der Waals surface area contributed by atoms with Gasteiger partial charge in [-0.1, -0.05) is 13.8 Å². The van der Waals surface area contributed by atoms with Crippen molar-refractivity contribution in [2.45, 2.75) is 43.0 Å². The Balaban J connectivity index is 1.77. The lowest BCUT2D eigenvalue weighted by molar-refractivity contribution is 0.441. The van der Waals surface area contributed by atoms with E-state index in [1.54, 1.807) is 12.7 Å². The SMILES string of the molecule is CCNC1CCC(Sc2ncnc3nc[nH]c23)C1C. The molecule has 1 fully saturated rings. The normalized spacial score (nSPS) is 27.2. The lowest BCUT2D eigenvalue weighted by atomic mass is 10.1. The predicted octanol–water partition coefficient (Wildman–Crippen LogP) is 2.22. The van der Waals surface area contributed by atoms with Crippen LogP contribution < -0.4 is 5.32 Å². The highest BCUT2D eigenvalue weighted by Gasteiger charge is 2.33. The summed E-state index contributed by atoms with van der Waals surface area (Å²) in [5.41, 5.74) is 1.72. The molecule has 2 aromatic rings. The van der Waals surface area contributed by atoms with Crippen LogP contribution in [0.4, 0.5) is 0 Å². The number of nitrogens with one attached hydrogen (secondary N) is 2. The van der Waals surface area contributed by atoms with Gasteiger partial charge in [-0.25, -0.2) is 15.0 Å². The first kappa shape index (κ1) is 12.9. The van der Waals surface area contributed by atoms with Gasteiger partial charge in [0, 0.05) is 11.3 Å². The van der Waals surface area contributed by atoms with Gasteiger partial charge in [0.1, 0.15) is 16.9 Å². The molecule has 3 unspecified atom stereocenters. The fourth-order valence-corrected chi connectivity index (χ4v) is 4.14. The minimum atomic E-state index is 0.616. The van der Waals surface area contributed by atoms with Crippen LogP contribution in [0.25, 0.3) is 11.2 Å². The summed E-state index contributed by atoms with van der Waals surface area (Å²) in [6, 6.07) is 0.640. The molecule has 2 aromatic heterocycles. The van der Waals surface area contributed by atoms with E-state index in [1.165, 1.54) is 12.8 Å². The van der Waals surface area contributed by atoms with Gasteiger partial charge in [-0.3, -0.25) is 0 Å². The molecule has 5 nitrogen and oxygen atoms in total. The Hall–Kier alpha value is -1.14. The first-order valence-electron chi connectivity index (χ1n) is 6.83. The van der Waals surface area contributed by atoms with Gasteiger partial charge < -0.3 is 10.3 Å². The average molecular weight is 277 g/mol. The third-order valence-corrected chi connectivity index (χ3v) is 5.40. The summed E-state index contributed by atoms with van der Waals surface area (Å²) in [7, 11) is 0. The number of hydrogen-bond acceptors (Lipinski definition) is 5. The van der Waals surface area contributed by atoms with Gasteiger partial charge >= 0.3 is 0 Å². The molecule has 0 bridgehead atoms. The summed E-state index contributed by atoms with van der Waals surface area (Å²) in [6.45, 7) is 5.56. The van der Waals surface area contributed by atoms with E-state index in [1.807, 2.05) is 11.8 Å². The van der Waals surface area contributed by atoms with Crippen LogP contribution in [0.2, 0.25) is 0 Å². The number of rotatable bonds is 4. The molecular formula is C13H19N5S. The Morgan fingerprint density at radius 3 is 3.11 bits per heavy atom. The molecule has 0 spiro atoms. The third-order valence-electron chi connectivity index (χ3n) is 3.90. The zero-order valence-corrected chi connectivity index (χ0v) is 12.1. The zero-order valence-electron chi connectivity index (χ0n) is 11.3. The number of hydrogen-bond donors (Lipinski definition) is 2. The molecule has 0 radical (unpaired) electrons. The highest BCUT2D eigenvalue weighted by atomic mass is 32.2. The number of thioether (sulfide) groups is 1. The van der Waals surface area contributed by atoms with E-state index in [0.29, 0.717) is 17.2 Å². The molecule has 19 heavy (non-hydrogen) atoms. The second-order valence-electron chi connectivity index (χ2n) is 5.04. The fourth-order valence-electron chi connectivity index (χ4n) is 2.82. The van der Waals surface area contributed by atoms with Crippen molar-refractivity contribution in [1.82, 2.24) is 25.3 Å². The molecule has 3 rings (SSSR count). The molecular weight excluding hydrogens is 258 g/mol. The zero-order chi connectivity index (χ0) is 13.2. The summed E-state index contributed by atoms with van der Waals surface area (Å²) in [5.74, 6) is 0.665. The summed E-state index contributed by atoms with van der Waals surface area (Å²) in [4.78, 5) is 15.9. The summed E-state index contributed by atoms with van der Waals surface area (Å²) < 4.78 is 0. The van der Waals surface area contributed by atoms with Crippen LogP contribution in [0.5, 0.6) is 0 Å². The summed E-state index contributed by atoms with van der Waals surface area (Å²) >= 11 is 1.86. The Kier molecular flexibility index (Phi) is 3.70. The van der Waals surface area contributed by atoms with Crippen LogP contribution in [0.3, 0.4) is 0 Å². The number of aromatic nitrogens is 4. The molecule has 6 heteroatoms. The predicted molar refractivity (Wildman–Crippen MR) is 77.2 cm³/mol. The largest absolute Gasteiger partial charge is 0.341 e. The number of imidazole rings is 1. The standard InChI is InChI=1S/C13H19N5S/c1-3-14-9-4-5-10(8(9)2)19-13-11-12(16-6-15-11)17-7-18-13/h6-10,14H,3-5H2,1-2H3,(H,15,16,17,18). The number of fused-ring (bicyclic) bond motifs is 1. The topological polar surface area (TPSA) is 66.5 Å². The van der Waals surface area contributed by atoms with Gasteiger partial charge in [0.25, 0.3) is 0 Å². The molecule has 2 heterocycles. The van der Waals surface area contributed by atoms with E-state index < -0.39 is 0 Å². The van der Waals surface area contributed by atoms with Crippen LogP contribution in [-0.4, -0.2) is 37.8 Å². The highest BCUT2D eigenvalue weighted by Crippen LogP contribution is 2.39. The fraction of sp³-hybridized carbons (Fsp3) is 0.615. The lowest BCUT2D eigenvalue weighted by Crippen LogP contribution is -2.33. The maximum absolute atomic E-state index is 4.41. The lowest BCUT2D eigenvalue weighted by Gasteiger charge is -2.20. The van der Waals surface area contributed by atoms with E-state index in [4.69, 9.17) is 0 Å². The van der Waals surface area contributed by atoms with E-state index in [9.17, 15) is 0 Å². The van der Waals surface area contributed by atoms with Crippen molar-refractivity contribution in [3.8, 4) is 0 Å². The molecule has 1 aliphatic rings. The summed E-state index contributed by atoms with van der Waals surface area (Å²) in [5, 5.41) is 5.22. The number of aromatic amines is 1. The maximum atomic E-state index is 4.41. The molecule has 1 saturated carbocycles. The van der Waals surface area contributed by atoms with Crippen LogP contribution in [0.15, 0.2) is 17.7 Å². The van der Waals surface area contributed by atoms with Gasteiger partial charge in [-0.2, -0.15) is 0 Å². The van der Waals surface area contributed by atoms with Crippen molar-refractivity contribution in [2.24, 2.45) is 5.92 Å². The van der Waals surface area contributed by atoms with Crippen molar-refractivity contribution in [3.63, 3.8) is 0 Å². The van der Waals surface area contributed by atoms with E-state index >= 15 is 0 Å². The van der Waals surface area contributed by atoms with Crippen molar-refractivity contribution in [3.05, 3.63) is 12.7 Å². The molecule has 1 aliphatic carbocycles. The van der Waals surface area contributed by atoms with Crippen molar-refractivity contribution >= 4 is 22.9 Å². The highest BCUT2D eigenvalue weighted by molar-refractivity contribution is 8.00. The monoisotopic (exact) mass is 277 g/mol. The second kappa shape index (κ2) is 5.46. The molecule has 102 valence electrons.